The van der Waals surface area contributed by atoms with Crippen LogP contribution >= 0.6 is 0 Å². The molecule has 0 spiro atoms. The number of aliphatic hydroxyl groups is 1. The fourth-order valence-electron chi connectivity index (χ4n) is 2.67. The number of halogens is 3. The third kappa shape index (κ3) is 4.40. The van der Waals surface area contributed by atoms with Crippen LogP contribution in [0.15, 0.2) is 36.5 Å². The van der Waals surface area contributed by atoms with Gasteiger partial charge >= 0.3 is 6.18 Å². The molecule has 27 heavy (non-hydrogen) atoms. The monoisotopic (exact) mass is 378 g/mol. The summed E-state index contributed by atoms with van der Waals surface area (Å²) in [5.74, 6) is 0. The Bertz CT molecular complexity index is 955. The molecule has 0 amide bonds. The van der Waals surface area contributed by atoms with Crippen molar-refractivity contribution < 1.29 is 28.2 Å². The standard InChI is InChI=1S/C18H15F3N2O.CH2O2/c1-10-7-15(12-4-6-16(22-8-12)18(19,20)21)23-17-11(2)13(9-24)3-5-14(10)17;2-1-3/h3-8,24H,9H2,1-2H3;1H,(H,2,3). The predicted octanol–water partition coefficient (Wildman–Crippen LogP) is 4.13. The molecule has 2 heterocycles. The van der Waals surface area contributed by atoms with E-state index in [2.05, 4.69) is 9.97 Å². The molecule has 0 fully saturated rings. The van der Waals surface area contributed by atoms with Gasteiger partial charge in [-0.2, -0.15) is 13.2 Å². The summed E-state index contributed by atoms with van der Waals surface area (Å²) in [7, 11) is 0. The normalized spacial score (nSPS) is 11.0. The molecule has 2 N–H and O–H groups in total. The minimum Gasteiger partial charge on any atom is -0.483 e. The number of rotatable bonds is 2. The first-order chi connectivity index (χ1) is 12.7. The van der Waals surface area contributed by atoms with E-state index in [1.807, 2.05) is 32.0 Å². The van der Waals surface area contributed by atoms with Crippen LogP contribution < -0.4 is 0 Å². The van der Waals surface area contributed by atoms with Gasteiger partial charge in [-0.25, -0.2) is 4.98 Å². The van der Waals surface area contributed by atoms with E-state index < -0.39 is 11.9 Å². The Balaban J connectivity index is 0.000000817. The van der Waals surface area contributed by atoms with Crippen molar-refractivity contribution in [1.29, 1.82) is 0 Å². The molecule has 0 saturated heterocycles. The lowest BCUT2D eigenvalue weighted by Crippen LogP contribution is -2.07. The SMILES string of the molecule is Cc1cc(-c2ccc(C(F)(F)F)nc2)nc2c(C)c(CO)ccc12.O=CO. The zero-order chi connectivity index (χ0) is 20.2. The van der Waals surface area contributed by atoms with Gasteiger partial charge in [0, 0.05) is 17.1 Å². The largest absolute Gasteiger partial charge is 0.483 e. The van der Waals surface area contributed by atoms with Crippen LogP contribution in [-0.2, 0) is 17.6 Å². The highest BCUT2D eigenvalue weighted by Gasteiger charge is 2.32. The van der Waals surface area contributed by atoms with Crippen LogP contribution in [-0.4, -0.2) is 26.7 Å². The van der Waals surface area contributed by atoms with Crippen molar-refractivity contribution in [2.75, 3.05) is 0 Å². The topological polar surface area (TPSA) is 83.3 Å². The molecule has 3 aromatic rings. The Morgan fingerprint density at radius 2 is 1.81 bits per heavy atom. The first-order valence-corrected chi connectivity index (χ1v) is 7.85. The quantitative estimate of drug-likeness (QED) is 0.656. The maximum absolute atomic E-state index is 12.6. The fraction of sp³-hybridized carbons (Fsp3) is 0.211. The summed E-state index contributed by atoms with van der Waals surface area (Å²) < 4.78 is 37.9. The van der Waals surface area contributed by atoms with Gasteiger partial charge < -0.3 is 10.2 Å². The van der Waals surface area contributed by atoms with E-state index in [0.717, 1.165) is 33.7 Å². The number of carbonyl (C=O) groups is 1. The predicted molar refractivity (Wildman–Crippen MR) is 94.1 cm³/mol. The highest BCUT2D eigenvalue weighted by molar-refractivity contribution is 5.88. The number of hydrogen-bond acceptors (Lipinski definition) is 4. The van der Waals surface area contributed by atoms with Crippen LogP contribution in [0.3, 0.4) is 0 Å². The van der Waals surface area contributed by atoms with Crippen LogP contribution in [0.25, 0.3) is 22.2 Å². The van der Waals surface area contributed by atoms with E-state index in [1.54, 1.807) is 0 Å². The van der Waals surface area contributed by atoms with Crippen molar-refractivity contribution in [2.24, 2.45) is 0 Å². The van der Waals surface area contributed by atoms with Gasteiger partial charge in [-0.05, 0) is 48.7 Å². The van der Waals surface area contributed by atoms with Crippen LogP contribution in [0.5, 0.6) is 0 Å². The van der Waals surface area contributed by atoms with E-state index >= 15 is 0 Å². The van der Waals surface area contributed by atoms with E-state index in [0.29, 0.717) is 11.3 Å². The molecule has 0 unspecified atom stereocenters. The molecule has 3 rings (SSSR count). The summed E-state index contributed by atoms with van der Waals surface area (Å²) in [4.78, 5) is 16.4. The number of alkyl halides is 3. The van der Waals surface area contributed by atoms with Crippen LogP contribution in [0.2, 0.25) is 0 Å². The lowest BCUT2D eigenvalue weighted by Gasteiger charge is -2.12. The smallest absolute Gasteiger partial charge is 0.433 e. The molecular weight excluding hydrogens is 361 g/mol. The van der Waals surface area contributed by atoms with Gasteiger partial charge in [0.15, 0.2) is 0 Å². The van der Waals surface area contributed by atoms with E-state index in [4.69, 9.17) is 9.90 Å². The minimum absolute atomic E-state index is 0.0887. The molecule has 8 heteroatoms. The van der Waals surface area contributed by atoms with Crippen molar-refractivity contribution in [3.05, 3.63) is 58.9 Å². The lowest BCUT2D eigenvalue weighted by atomic mass is 10.00. The molecule has 0 atom stereocenters. The molecule has 0 aliphatic carbocycles. The summed E-state index contributed by atoms with van der Waals surface area (Å²) in [5, 5.41) is 17.2. The van der Waals surface area contributed by atoms with Gasteiger partial charge in [-0.15, -0.1) is 0 Å². The lowest BCUT2D eigenvalue weighted by molar-refractivity contribution is -0.141. The molecule has 0 bridgehead atoms. The molecule has 0 radical (unpaired) electrons. The van der Waals surface area contributed by atoms with Gasteiger partial charge in [-0.3, -0.25) is 9.78 Å². The number of carboxylic acid groups (broad SMARTS) is 1. The van der Waals surface area contributed by atoms with Gasteiger partial charge in [0.1, 0.15) is 5.69 Å². The Kier molecular flexibility index (Phi) is 6.12. The summed E-state index contributed by atoms with van der Waals surface area (Å²) in [6.45, 7) is 3.45. The Hall–Kier alpha value is -3.00. The second-order valence-corrected chi connectivity index (χ2v) is 5.76. The summed E-state index contributed by atoms with van der Waals surface area (Å²) in [6, 6.07) is 7.89. The van der Waals surface area contributed by atoms with E-state index in [1.165, 1.54) is 12.3 Å². The Morgan fingerprint density at radius 1 is 1.15 bits per heavy atom. The van der Waals surface area contributed by atoms with Gasteiger partial charge in [0.05, 0.1) is 17.8 Å². The maximum atomic E-state index is 12.6. The Morgan fingerprint density at radius 3 is 2.33 bits per heavy atom. The molecule has 0 aliphatic heterocycles. The number of hydrogen-bond donors (Lipinski definition) is 2. The highest BCUT2D eigenvalue weighted by atomic mass is 19.4. The summed E-state index contributed by atoms with van der Waals surface area (Å²) >= 11 is 0. The molecule has 5 nitrogen and oxygen atoms in total. The number of pyridine rings is 2. The second kappa shape index (κ2) is 8.13. The fourth-order valence-corrected chi connectivity index (χ4v) is 2.67. The van der Waals surface area contributed by atoms with Crippen molar-refractivity contribution in [2.45, 2.75) is 26.6 Å². The minimum atomic E-state index is -4.46. The average molecular weight is 378 g/mol. The third-order valence-corrected chi connectivity index (χ3v) is 4.07. The number of benzene rings is 1. The Labute approximate surface area is 153 Å². The number of aromatic nitrogens is 2. The zero-order valence-electron chi connectivity index (χ0n) is 14.6. The van der Waals surface area contributed by atoms with Crippen molar-refractivity contribution in [3.8, 4) is 11.3 Å². The molecule has 2 aromatic heterocycles. The van der Waals surface area contributed by atoms with Crippen LogP contribution in [0.4, 0.5) is 13.2 Å². The van der Waals surface area contributed by atoms with E-state index in [9.17, 15) is 18.3 Å². The molecule has 0 saturated carbocycles. The van der Waals surface area contributed by atoms with Crippen molar-refractivity contribution >= 4 is 17.4 Å². The highest BCUT2D eigenvalue weighted by Crippen LogP contribution is 2.30. The molecule has 142 valence electrons. The second-order valence-electron chi connectivity index (χ2n) is 5.76. The van der Waals surface area contributed by atoms with Gasteiger partial charge in [0.25, 0.3) is 6.47 Å². The van der Waals surface area contributed by atoms with Gasteiger partial charge in [-0.1, -0.05) is 12.1 Å². The van der Waals surface area contributed by atoms with Crippen LogP contribution in [0.1, 0.15) is 22.4 Å². The van der Waals surface area contributed by atoms with Gasteiger partial charge in [0.2, 0.25) is 0 Å². The molecule has 1 aromatic carbocycles. The van der Waals surface area contributed by atoms with Crippen molar-refractivity contribution in [3.63, 3.8) is 0 Å². The number of fused-ring (bicyclic) bond motifs is 1. The number of aryl methyl sites for hydroxylation is 2. The first kappa shape index (κ1) is 20.3. The van der Waals surface area contributed by atoms with Crippen LogP contribution in [0, 0.1) is 13.8 Å². The maximum Gasteiger partial charge on any atom is 0.433 e. The average Bonchev–Trinajstić information content (AvgIpc) is 2.62. The molecular formula is C19H17F3N2O3. The summed E-state index contributed by atoms with van der Waals surface area (Å²) in [5.41, 5.74) is 3.47. The molecule has 0 aliphatic rings. The number of aliphatic hydroxyl groups excluding tert-OH is 1. The summed E-state index contributed by atoms with van der Waals surface area (Å²) in [6.07, 6.45) is -3.28. The number of nitrogens with zero attached hydrogens (tertiary/aromatic N) is 2. The third-order valence-electron chi connectivity index (χ3n) is 4.07. The first-order valence-electron chi connectivity index (χ1n) is 7.85. The zero-order valence-corrected chi connectivity index (χ0v) is 14.6. The van der Waals surface area contributed by atoms with E-state index in [-0.39, 0.29) is 13.1 Å². The van der Waals surface area contributed by atoms with Crippen molar-refractivity contribution in [1.82, 2.24) is 9.97 Å².